The normalized spacial score (nSPS) is 15.1. The van der Waals surface area contributed by atoms with Crippen molar-refractivity contribution >= 4 is 0 Å². The number of hydrogen-bond acceptors (Lipinski definition) is 1. The van der Waals surface area contributed by atoms with Crippen LogP contribution in [0.1, 0.15) is 63.7 Å². The van der Waals surface area contributed by atoms with E-state index in [1.165, 1.54) is 5.56 Å². The van der Waals surface area contributed by atoms with Gasteiger partial charge in [-0.2, -0.15) is 0 Å². The number of aliphatic hydroxyl groups is 1. The van der Waals surface area contributed by atoms with Gasteiger partial charge < -0.3 is 5.11 Å². The van der Waals surface area contributed by atoms with Gasteiger partial charge in [-0.3, -0.25) is 0 Å². The van der Waals surface area contributed by atoms with E-state index >= 15 is 0 Å². The molecule has 0 aromatic heterocycles. The van der Waals surface area contributed by atoms with Gasteiger partial charge in [-0.1, -0.05) is 58.4 Å². The lowest BCUT2D eigenvalue weighted by Gasteiger charge is -2.16. The zero-order valence-corrected chi connectivity index (χ0v) is 10.9. The second kappa shape index (κ2) is 6.05. The highest BCUT2D eigenvalue weighted by Gasteiger charge is 2.11. The molecule has 0 heterocycles. The summed E-state index contributed by atoms with van der Waals surface area (Å²) in [5.74, 6) is 1.14. The topological polar surface area (TPSA) is 20.2 Å². The van der Waals surface area contributed by atoms with Crippen molar-refractivity contribution in [1.29, 1.82) is 0 Å². The highest BCUT2D eigenvalue weighted by Crippen LogP contribution is 2.24. The molecule has 1 aromatic rings. The van der Waals surface area contributed by atoms with Crippen molar-refractivity contribution < 1.29 is 5.11 Å². The summed E-state index contributed by atoms with van der Waals surface area (Å²) in [6.45, 7) is 8.72. The maximum atomic E-state index is 10.1. The lowest BCUT2D eigenvalue weighted by atomic mass is 9.94. The van der Waals surface area contributed by atoms with Crippen molar-refractivity contribution in [2.75, 3.05) is 0 Å². The first-order valence-electron chi connectivity index (χ1n) is 6.32. The summed E-state index contributed by atoms with van der Waals surface area (Å²) in [6.07, 6.45) is 1.68. The first kappa shape index (κ1) is 13.2. The van der Waals surface area contributed by atoms with E-state index in [0.29, 0.717) is 11.8 Å². The molecule has 16 heavy (non-hydrogen) atoms. The Balaban J connectivity index is 2.66. The third-order valence-corrected chi connectivity index (χ3v) is 3.31. The molecule has 0 saturated carbocycles. The Kier molecular flexibility index (Phi) is 5.01. The molecule has 1 nitrogen and oxygen atoms in total. The zero-order valence-electron chi connectivity index (χ0n) is 10.9. The number of hydrogen-bond donors (Lipinski definition) is 1. The van der Waals surface area contributed by atoms with E-state index in [2.05, 4.69) is 52.0 Å². The zero-order chi connectivity index (χ0) is 12.1. The van der Waals surface area contributed by atoms with E-state index in [4.69, 9.17) is 0 Å². The van der Waals surface area contributed by atoms with Gasteiger partial charge in [0.15, 0.2) is 0 Å². The van der Waals surface area contributed by atoms with E-state index in [-0.39, 0.29) is 6.10 Å². The molecule has 0 aliphatic heterocycles. The van der Waals surface area contributed by atoms with Crippen molar-refractivity contribution in [2.45, 2.75) is 52.6 Å². The molecular weight excluding hydrogens is 196 g/mol. The Morgan fingerprint density at radius 3 is 1.94 bits per heavy atom. The van der Waals surface area contributed by atoms with E-state index < -0.39 is 0 Å². The molecule has 0 radical (unpaired) electrons. The van der Waals surface area contributed by atoms with E-state index in [1.54, 1.807) is 0 Å². The van der Waals surface area contributed by atoms with Crippen LogP contribution in [0, 0.1) is 5.92 Å². The summed E-state index contributed by atoms with van der Waals surface area (Å²) in [5.41, 5.74) is 2.38. The van der Waals surface area contributed by atoms with Crippen molar-refractivity contribution in [3.8, 4) is 0 Å². The molecule has 2 atom stereocenters. The van der Waals surface area contributed by atoms with Gasteiger partial charge in [0.2, 0.25) is 0 Å². The molecular formula is C15H24O. The quantitative estimate of drug-likeness (QED) is 0.785. The van der Waals surface area contributed by atoms with Gasteiger partial charge >= 0.3 is 0 Å². The summed E-state index contributed by atoms with van der Waals surface area (Å²) in [7, 11) is 0. The van der Waals surface area contributed by atoms with Crippen LogP contribution in [0.4, 0.5) is 0 Å². The summed E-state index contributed by atoms with van der Waals surface area (Å²) in [6, 6.07) is 8.37. The lowest BCUT2D eigenvalue weighted by Crippen LogP contribution is -2.04. The van der Waals surface area contributed by atoms with Gasteiger partial charge in [0.05, 0.1) is 6.10 Å². The summed E-state index contributed by atoms with van der Waals surface area (Å²) >= 11 is 0. The summed E-state index contributed by atoms with van der Waals surface area (Å²) in [4.78, 5) is 0. The standard InChI is InChI=1S/C15H24O/c1-5-12(4)10-15(16)14-8-6-13(7-9-14)11(2)3/h6-9,11-12,15-16H,5,10H2,1-4H3. The molecule has 0 spiro atoms. The minimum absolute atomic E-state index is 0.309. The van der Waals surface area contributed by atoms with Gasteiger partial charge in [0, 0.05) is 0 Å². The molecule has 2 unspecified atom stereocenters. The van der Waals surface area contributed by atoms with Crippen molar-refractivity contribution in [2.24, 2.45) is 5.92 Å². The second-order valence-electron chi connectivity index (χ2n) is 5.09. The second-order valence-corrected chi connectivity index (χ2v) is 5.09. The molecule has 1 rings (SSSR count). The predicted octanol–water partition coefficient (Wildman–Crippen LogP) is 4.28. The molecule has 1 N–H and O–H groups in total. The minimum atomic E-state index is -0.309. The average Bonchev–Trinajstić information content (AvgIpc) is 2.28. The SMILES string of the molecule is CCC(C)CC(O)c1ccc(C(C)C)cc1. The molecule has 0 aliphatic rings. The predicted molar refractivity (Wildman–Crippen MR) is 69.6 cm³/mol. The third kappa shape index (κ3) is 3.64. The molecule has 0 saturated heterocycles. The van der Waals surface area contributed by atoms with Crippen molar-refractivity contribution in [3.63, 3.8) is 0 Å². The van der Waals surface area contributed by atoms with Crippen LogP contribution in [0.3, 0.4) is 0 Å². The van der Waals surface area contributed by atoms with Gasteiger partial charge in [0.25, 0.3) is 0 Å². The van der Waals surface area contributed by atoms with Crippen LogP contribution in [0.2, 0.25) is 0 Å². The van der Waals surface area contributed by atoms with Crippen LogP contribution in [-0.2, 0) is 0 Å². The molecule has 0 bridgehead atoms. The lowest BCUT2D eigenvalue weighted by molar-refractivity contribution is 0.146. The Labute approximate surface area is 99.5 Å². The number of aliphatic hydroxyl groups excluding tert-OH is 1. The van der Waals surface area contributed by atoms with Gasteiger partial charge in [0.1, 0.15) is 0 Å². The Hall–Kier alpha value is -0.820. The first-order chi connectivity index (χ1) is 7.54. The monoisotopic (exact) mass is 220 g/mol. The van der Waals surface area contributed by atoms with Crippen LogP contribution < -0.4 is 0 Å². The molecule has 90 valence electrons. The van der Waals surface area contributed by atoms with Gasteiger partial charge in [-0.15, -0.1) is 0 Å². The fourth-order valence-corrected chi connectivity index (χ4v) is 1.79. The van der Waals surface area contributed by atoms with Crippen LogP contribution in [0.5, 0.6) is 0 Å². The maximum absolute atomic E-state index is 10.1. The maximum Gasteiger partial charge on any atom is 0.0792 e. The highest BCUT2D eigenvalue weighted by atomic mass is 16.3. The van der Waals surface area contributed by atoms with Crippen molar-refractivity contribution in [1.82, 2.24) is 0 Å². The van der Waals surface area contributed by atoms with Crippen LogP contribution in [-0.4, -0.2) is 5.11 Å². The molecule has 0 amide bonds. The summed E-state index contributed by atoms with van der Waals surface area (Å²) < 4.78 is 0. The van der Waals surface area contributed by atoms with E-state index in [1.807, 2.05) is 0 Å². The van der Waals surface area contributed by atoms with Crippen molar-refractivity contribution in [3.05, 3.63) is 35.4 Å². The molecule has 1 heteroatoms. The average molecular weight is 220 g/mol. The summed E-state index contributed by atoms with van der Waals surface area (Å²) in [5, 5.41) is 10.1. The highest BCUT2D eigenvalue weighted by molar-refractivity contribution is 5.26. The van der Waals surface area contributed by atoms with Gasteiger partial charge in [-0.25, -0.2) is 0 Å². The Morgan fingerprint density at radius 1 is 1.00 bits per heavy atom. The Morgan fingerprint density at radius 2 is 1.50 bits per heavy atom. The van der Waals surface area contributed by atoms with E-state index in [9.17, 15) is 5.11 Å². The molecule has 1 aromatic carbocycles. The largest absolute Gasteiger partial charge is 0.388 e. The van der Waals surface area contributed by atoms with Crippen LogP contribution in [0.25, 0.3) is 0 Å². The van der Waals surface area contributed by atoms with Crippen LogP contribution in [0.15, 0.2) is 24.3 Å². The first-order valence-corrected chi connectivity index (χ1v) is 6.32. The van der Waals surface area contributed by atoms with Gasteiger partial charge in [-0.05, 0) is 29.4 Å². The molecule has 0 fully saturated rings. The minimum Gasteiger partial charge on any atom is -0.388 e. The fraction of sp³-hybridized carbons (Fsp3) is 0.600. The fourth-order valence-electron chi connectivity index (χ4n) is 1.79. The Bertz CT molecular complexity index is 300. The smallest absolute Gasteiger partial charge is 0.0792 e. The van der Waals surface area contributed by atoms with Crippen LogP contribution >= 0.6 is 0 Å². The third-order valence-electron chi connectivity index (χ3n) is 3.31. The number of rotatable bonds is 5. The van der Waals surface area contributed by atoms with E-state index in [0.717, 1.165) is 18.4 Å². The number of benzene rings is 1. The molecule has 0 aliphatic carbocycles.